The average molecular weight is 253 g/mol. The normalized spacial score (nSPS) is 18.3. The third-order valence-electron chi connectivity index (χ3n) is 3.14. The van der Waals surface area contributed by atoms with Gasteiger partial charge in [-0.2, -0.15) is 5.26 Å². The molecule has 0 spiro atoms. The molecule has 0 aromatic rings. The maximum atomic E-state index is 11.7. The molecular weight excluding hydrogens is 230 g/mol. The van der Waals surface area contributed by atoms with Gasteiger partial charge in [0.05, 0.1) is 19.3 Å². The standard InChI is InChI=1S/C13H23N3O2/c1-11(2)12(10-14)13(17)15-4-3-5-16-6-8-18-9-7-16/h11-12H,3-9H2,1-2H3,(H,15,17). The molecule has 5 heteroatoms. The van der Waals surface area contributed by atoms with E-state index in [0.29, 0.717) is 6.54 Å². The Hall–Kier alpha value is -1.12. The van der Waals surface area contributed by atoms with Crippen LogP contribution in [0.4, 0.5) is 0 Å². The Bertz CT molecular complexity index is 293. The third kappa shape index (κ3) is 5.03. The molecule has 1 heterocycles. The van der Waals surface area contributed by atoms with Crippen LogP contribution in [-0.2, 0) is 9.53 Å². The van der Waals surface area contributed by atoms with Gasteiger partial charge in [-0.1, -0.05) is 13.8 Å². The zero-order valence-electron chi connectivity index (χ0n) is 11.3. The van der Waals surface area contributed by atoms with Gasteiger partial charge in [-0.05, 0) is 18.9 Å². The lowest BCUT2D eigenvalue weighted by atomic mass is 9.97. The maximum Gasteiger partial charge on any atom is 0.237 e. The van der Waals surface area contributed by atoms with Crippen molar-refractivity contribution in [2.75, 3.05) is 39.4 Å². The van der Waals surface area contributed by atoms with Gasteiger partial charge in [0.1, 0.15) is 5.92 Å². The first kappa shape index (κ1) is 14.9. The minimum Gasteiger partial charge on any atom is -0.379 e. The van der Waals surface area contributed by atoms with Crippen molar-refractivity contribution < 1.29 is 9.53 Å². The first-order valence-corrected chi connectivity index (χ1v) is 6.62. The number of hydrogen-bond acceptors (Lipinski definition) is 4. The summed E-state index contributed by atoms with van der Waals surface area (Å²) in [5.41, 5.74) is 0. The molecular formula is C13H23N3O2. The van der Waals surface area contributed by atoms with Crippen LogP contribution in [0.2, 0.25) is 0 Å². The Balaban J connectivity index is 2.13. The SMILES string of the molecule is CC(C)C(C#N)C(=O)NCCCN1CCOCC1. The summed E-state index contributed by atoms with van der Waals surface area (Å²) in [6, 6.07) is 2.05. The molecule has 0 saturated carbocycles. The largest absolute Gasteiger partial charge is 0.379 e. The van der Waals surface area contributed by atoms with E-state index in [9.17, 15) is 4.79 Å². The maximum absolute atomic E-state index is 11.7. The van der Waals surface area contributed by atoms with E-state index in [2.05, 4.69) is 16.3 Å². The van der Waals surface area contributed by atoms with Crippen LogP contribution < -0.4 is 5.32 Å². The average Bonchev–Trinajstić information content (AvgIpc) is 2.36. The predicted octanol–water partition coefficient (Wildman–Crippen LogP) is 0.621. The van der Waals surface area contributed by atoms with E-state index < -0.39 is 5.92 Å². The van der Waals surface area contributed by atoms with E-state index in [0.717, 1.165) is 39.3 Å². The van der Waals surface area contributed by atoms with Gasteiger partial charge in [0.2, 0.25) is 5.91 Å². The molecule has 0 aromatic carbocycles. The highest BCUT2D eigenvalue weighted by Crippen LogP contribution is 2.09. The second-order valence-electron chi connectivity index (χ2n) is 4.95. The zero-order valence-corrected chi connectivity index (χ0v) is 11.3. The summed E-state index contributed by atoms with van der Waals surface area (Å²) in [5, 5.41) is 11.7. The molecule has 5 nitrogen and oxygen atoms in total. The fourth-order valence-corrected chi connectivity index (χ4v) is 1.96. The highest BCUT2D eigenvalue weighted by atomic mass is 16.5. The van der Waals surface area contributed by atoms with E-state index in [1.54, 1.807) is 0 Å². The van der Waals surface area contributed by atoms with E-state index in [1.807, 2.05) is 13.8 Å². The molecule has 1 aliphatic rings. The van der Waals surface area contributed by atoms with Gasteiger partial charge in [0, 0.05) is 19.6 Å². The monoisotopic (exact) mass is 253 g/mol. The van der Waals surface area contributed by atoms with Crippen LogP contribution in [0.1, 0.15) is 20.3 Å². The lowest BCUT2D eigenvalue weighted by Crippen LogP contribution is -2.39. The summed E-state index contributed by atoms with van der Waals surface area (Å²) < 4.78 is 5.27. The minimum absolute atomic E-state index is 0.0641. The van der Waals surface area contributed by atoms with Gasteiger partial charge in [-0.25, -0.2) is 0 Å². The molecule has 0 bridgehead atoms. The van der Waals surface area contributed by atoms with E-state index in [1.165, 1.54) is 0 Å². The van der Waals surface area contributed by atoms with Crippen LogP contribution in [0.25, 0.3) is 0 Å². The fourth-order valence-electron chi connectivity index (χ4n) is 1.96. The Kier molecular flexibility index (Phi) is 6.69. The number of hydrogen-bond donors (Lipinski definition) is 1. The van der Waals surface area contributed by atoms with Crippen molar-refractivity contribution in [3.05, 3.63) is 0 Å². The molecule has 1 fully saturated rings. The van der Waals surface area contributed by atoms with Crippen LogP contribution in [0.15, 0.2) is 0 Å². The van der Waals surface area contributed by atoms with E-state index in [-0.39, 0.29) is 11.8 Å². The first-order chi connectivity index (χ1) is 8.65. The van der Waals surface area contributed by atoms with E-state index in [4.69, 9.17) is 10.00 Å². The molecule has 1 N–H and O–H groups in total. The van der Waals surface area contributed by atoms with Crippen molar-refractivity contribution in [1.29, 1.82) is 5.26 Å². The number of carbonyl (C=O) groups is 1. The van der Waals surface area contributed by atoms with Gasteiger partial charge >= 0.3 is 0 Å². The minimum atomic E-state index is -0.534. The molecule has 18 heavy (non-hydrogen) atoms. The Labute approximate surface area is 109 Å². The van der Waals surface area contributed by atoms with Crippen molar-refractivity contribution in [3.8, 4) is 6.07 Å². The molecule has 1 saturated heterocycles. The molecule has 1 unspecified atom stereocenters. The van der Waals surface area contributed by atoms with Crippen molar-refractivity contribution in [1.82, 2.24) is 10.2 Å². The molecule has 0 aromatic heterocycles. The number of rotatable bonds is 6. The number of carbonyl (C=O) groups excluding carboxylic acids is 1. The molecule has 1 atom stereocenters. The van der Waals surface area contributed by atoms with Crippen molar-refractivity contribution in [2.45, 2.75) is 20.3 Å². The number of ether oxygens (including phenoxy) is 1. The summed E-state index contributed by atoms with van der Waals surface area (Å²) in [4.78, 5) is 14.0. The summed E-state index contributed by atoms with van der Waals surface area (Å²) in [6.07, 6.45) is 0.919. The second-order valence-corrected chi connectivity index (χ2v) is 4.95. The van der Waals surface area contributed by atoms with Crippen molar-refractivity contribution in [3.63, 3.8) is 0 Å². The summed E-state index contributed by atoms with van der Waals surface area (Å²) in [6.45, 7) is 8.94. The van der Waals surface area contributed by atoms with Gasteiger partial charge in [0.15, 0.2) is 0 Å². The number of amides is 1. The van der Waals surface area contributed by atoms with Gasteiger partial charge < -0.3 is 10.1 Å². The second kappa shape index (κ2) is 8.06. The Morgan fingerprint density at radius 3 is 2.67 bits per heavy atom. The summed E-state index contributed by atoms with van der Waals surface area (Å²) >= 11 is 0. The molecule has 1 rings (SSSR count). The Morgan fingerprint density at radius 1 is 1.44 bits per heavy atom. The van der Waals surface area contributed by atoms with E-state index >= 15 is 0 Å². The fraction of sp³-hybridized carbons (Fsp3) is 0.846. The van der Waals surface area contributed by atoms with Crippen LogP contribution in [0, 0.1) is 23.2 Å². The third-order valence-corrected chi connectivity index (χ3v) is 3.14. The summed E-state index contributed by atoms with van der Waals surface area (Å²) in [5.74, 6) is -0.614. The predicted molar refractivity (Wildman–Crippen MR) is 68.8 cm³/mol. The lowest BCUT2D eigenvalue weighted by Gasteiger charge is -2.26. The van der Waals surface area contributed by atoms with Crippen molar-refractivity contribution in [2.24, 2.45) is 11.8 Å². The van der Waals surface area contributed by atoms with Crippen LogP contribution in [0.5, 0.6) is 0 Å². The molecule has 102 valence electrons. The quantitative estimate of drug-likeness (QED) is 0.705. The molecule has 1 aliphatic heterocycles. The van der Waals surface area contributed by atoms with Crippen molar-refractivity contribution >= 4 is 5.91 Å². The lowest BCUT2D eigenvalue weighted by molar-refractivity contribution is -0.124. The molecule has 0 radical (unpaired) electrons. The molecule has 0 aliphatic carbocycles. The van der Waals surface area contributed by atoms with Gasteiger partial charge in [-0.3, -0.25) is 9.69 Å². The summed E-state index contributed by atoms with van der Waals surface area (Å²) in [7, 11) is 0. The van der Waals surface area contributed by atoms with Gasteiger partial charge in [0.25, 0.3) is 0 Å². The first-order valence-electron chi connectivity index (χ1n) is 6.62. The van der Waals surface area contributed by atoms with Gasteiger partial charge in [-0.15, -0.1) is 0 Å². The molecule has 1 amide bonds. The topological polar surface area (TPSA) is 65.4 Å². The highest BCUT2D eigenvalue weighted by molar-refractivity contribution is 5.81. The smallest absolute Gasteiger partial charge is 0.237 e. The number of morpholine rings is 1. The Morgan fingerprint density at radius 2 is 2.11 bits per heavy atom. The number of nitrogens with one attached hydrogen (secondary N) is 1. The highest BCUT2D eigenvalue weighted by Gasteiger charge is 2.20. The van der Waals surface area contributed by atoms with Crippen LogP contribution in [-0.4, -0.2) is 50.2 Å². The number of nitriles is 1. The van der Waals surface area contributed by atoms with Crippen LogP contribution >= 0.6 is 0 Å². The van der Waals surface area contributed by atoms with Crippen LogP contribution in [0.3, 0.4) is 0 Å². The number of nitrogens with zero attached hydrogens (tertiary/aromatic N) is 2. The zero-order chi connectivity index (χ0) is 13.4.